The molecule has 2 heterocycles. The molecular weight excluding hydrogens is 332 g/mol. The second-order valence-corrected chi connectivity index (χ2v) is 6.33. The molecule has 0 spiro atoms. The van der Waals surface area contributed by atoms with E-state index in [4.69, 9.17) is 16.3 Å². The maximum Gasteiger partial charge on any atom is 0.275 e. The highest BCUT2D eigenvalue weighted by Gasteiger charge is 2.22. The molecule has 0 aliphatic carbocycles. The molecule has 128 valence electrons. The van der Waals surface area contributed by atoms with E-state index in [2.05, 4.69) is 14.9 Å². The van der Waals surface area contributed by atoms with Gasteiger partial charge in [-0.25, -0.2) is 4.98 Å². The topological polar surface area (TPSA) is 84.3 Å². The first-order valence-electron chi connectivity index (χ1n) is 7.86. The predicted molar refractivity (Wildman–Crippen MR) is 89.8 cm³/mol. The van der Waals surface area contributed by atoms with Crippen LogP contribution in [0.3, 0.4) is 0 Å². The zero-order chi connectivity index (χ0) is 16.9. The molecule has 1 aliphatic heterocycles. The fraction of sp³-hybridized carbons (Fsp3) is 0.438. The molecule has 1 fully saturated rings. The molecule has 1 aliphatic rings. The minimum absolute atomic E-state index is 0.0834. The zero-order valence-corrected chi connectivity index (χ0v) is 13.9. The average molecular weight is 351 g/mol. The van der Waals surface area contributed by atoms with Crippen LogP contribution in [0.25, 0.3) is 0 Å². The number of hydrogen-bond acceptors (Lipinski definition) is 5. The van der Waals surface area contributed by atoms with Crippen molar-refractivity contribution < 1.29 is 9.66 Å². The van der Waals surface area contributed by atoms with Crippen LogP contribution >= 0.6 is 11.6 Å². The Morgan fingerprint density at radius 3 is 2.88 bits per heavy atom. The Morgan fingerprint density at radius 2 is 2.21 bits per heavy atom. The molecule has 0 amide bonds. The van der Waals surface area contributed by atoms with E-state index in [1.807, 2.05) is 0 Å². The summed E-state index contributed by atoms with van der Waals surface area (Å²) in [5.41, 5.74) is 1.75. The van der Waals surface area contributed by atoms with E-state index < -0.39 is 0 Å². The number of likely N-dealkylation sites (tertiary alicyclic amines) is 1. The summed E-state index contributed by atoms with van der Waals surface area (Å²) in [7, 11) is 0. The van der Waals surface area contributed by atoms with Gasteiger partial charge in [-0.2, -0.15) is 0 Å². The molecule has 1 aromatic carbocycles. The second-order valence-electron chi connectivity index (χ2n) is 5.89. The third-order valence-corrected chi connectivity index (χ3v) is 4.44. The number of hydrogen-bond donors (Lipinski definition) is 1. The lowest BCUT2D eigenvalue weighted by Gasteiger charge is -2.31. The molecule has 0 saturated carbocycles. The van der Waals surface area contributed by atoms with Gasteiger partial charge in [-0.15, -0.1) is 0 Å². The number of ether oxygens (including phenoxy) is 1. The Kier molecular flexibility index (Phi) is 5.44. The third-order valence-electron chi connectivity index (χ3n) is 4.20. The Balaban J connectivity index is 1.51. The van der Waals surface area contributed by atoms with Gasteiger partial charge in [-0.3, -0.25) is 15.0 Å². The Bertz CT molecular complexity index is 685. The van der Waals surface area contributed by atoms with E-state index in [1.54, 1.807) is 24.7 Å². The highest BCUT2D eigenvalue weighted by Crippen LogP contribution is 2.26. The number of benzene rings is 1. The summed E-state index contributed by atoms with van der Waals surface area (Å²) in [5, 5.41) is 11.6. The largest absolute Gasteiger partial charge is 0.372 e. The fourth-order valence-corrected chi connectivity index (χ4v) is 3.05. The van der Waals surface area contributed by atoms with Crippen LogP contribution in [-0.4, -0.2) is 39.0 Å². The van der Waals surface area contributed by atoms with Gasteiger partial charge in [0.05, 0.1) is 35.9 Å². The highest BCUT2D eigenvalue weighted by atomic mass is 35.5. The predicted octanol–water partition coefficient (Wildman–Crippen LogP) is 3.15. The first-order valence-corrected chi connectivity index (χ1v) is 8.23. The zero-order valence-electron chi connectivity index (χ0n) is 13.2. The second kappa shape index (κ2) is 7.74. The fourth-order valence-electron chi connectivity index (χ4n) is 2.89. The normalized spacial score (nSPS) is 16.4. The number of aromatic amines is 1. The number of rotatable bonds is 6. The number of nitrogens with one attached hydrogen (secondary N) is 1. The van der Waals surface area contributed by atoms with Crippen molar-refractivity contribution >= 4 is 17.3 Å². The summed E-state index contributed by atoms with van der Waals surface area (Å²) in [6.07, 6.45) is 5.44. The van der Waals surface area contributed by atoms with Crippen molar-refractivity contribution in [2.45, 2.75) is 32.1 Å². The molecule has 0 radical (unpaired) electrons. The maximum atomic E-state index is 11.2. The first-order chi connectivity index (χ1) is 11.6. The van der Waals surface area contributed by atoms with Crippen molar-refractivity contribution in [2.75, 3.05) is 13.1 Å². The molecule has 0 bridgehead atoms. The Hall–Kier alpha value is -1.96. The van der Waals surface area contributed by atoms with Gasteiger partial charge in [0.15, 0.2) is 0 Å². The number of aromatic nitrogens is 2. The number of nitrogens with zero attached hydrogens (tertiary/aromatic N) is 3. The molecule has 24 heavy (non-hydrogen) atoms. The maximum absolute atomic E-state index is 11.2. The van der Waals surface area contributed by atoms with Crippen LogP contribution in [-0.2, 0) is 17.9 Å². The number of nitro benzene ring substituents is 1. The van der Waals surface area contributed by atoms with E-state index in [-0.39, 0.29) is 16.7 Å². The van der Waals surface area contributed by atoms with Crippen molar-refractivity contribution in [2.24, 2.45) is 0 Å². The number of H-pyrrole nitrogens is 1. The summed E-state index contributed by atoms with van der Waals surface area (Å²) in [6.45, 7) is 2.80. The summed E-state index contributed by atoms with van der Waals surface area (Å²) in [6, 6.07) is 4.85. The van der Waals surface area contributed by atoms with Crippen LogP contribution in [0.5, 0.6) is 0 Å². The molecule has 0 atom stereocenters. The lowest BCUT2D eigenvalue weighted by atomic mass is 10.1. The van der Waals surface area contributed by atoms with Crippen LogP contribution in [0, 0.1) is 10.1 Å². The van der Waals surface area contributed by atoms with Gasteiger partial charge in [0.25, 0.3) is 5.69 Å². The number of halogens is 1. The van der Waals surface area contributed by atoms with Gasteiger partial charge in [-0.05, 0) is 25.0 Å². The van der Waals surface area contributed by atoms with Gasteiger partial charge in [0.2, 0.25) is 0 Å². The molecule has 1 aromatic heterocycles. The molecular formula is C16H19ClN4O3. The first kappa shape index (κ1) is 16.9. The SMILES string of the molecule is O=[N+]([O-])c1cc(Cl)ccc1CN1CCC(OCc2cnc[nH]2)CC1. The molecule has 0 unspecified atom stereocenters. The third kappa shape index (κ3) is 4.31. The van der Waals surface area contributed by atoms with E-state index in [0.717, 1.165) is 31.6 Å². The van der Waals surface area contributed by atoms with E-state index in [0.29, 0.717) is 23.7 Å². The summed E-state index contributed by atoms with van der Waals surface area (Å²) >= 11 is 5.86. The lowest BCUT2D eigenvalue weighted by molar-refractivity contribution is -0.385. The van der Waals surface area contributed by atoms with Gasteiger partial charge in [0.1, 0.15) is 0 Å². The van der Waals surface area contributed by atoms with Crippen molar-refractivity contribution in [3.8, 4) is 0 Å². The molecule has 3 rings (SSSR count). The van der Waals surface area contributed by atoms with Crippen LogP contribution in [0.1, 0.15) is 24.1 Å². The number of nitro groups is 1. The van der Waals surface area contributed by atoms with Gasteiger partial charge in [0, 0.05) is 36.3 Å². The van der Waals surface area contributed by atoms with Crippen LogP contribution < -0.4 is 0 Å². The Morgan fingerprint density at radius 1 is 1.42 bits per heavy atom. The summed E-state index contributed by atoms with van der Waals surface area (Å²) in [5.74, 6) is 0. The monoisotopic (exact) mass is 350 g/mol. The van der Waals surface area contributed by atoms with Crippen molar-refractivity contribution in [3.63, 3.8) is 0 Å². The minimum Gasteiger partial charge on any atom is -0.372 e. The molecule has 7 nitrogen and oxygen atoms in total. The van der Waals surface area contributed by atoms with Crippen molar-refractivity contribution in [3.05, 3.63) is 57.1 Å². The van der Waals surface area contributed by atoms with E-state index >= 15 is 0 Å². The van der Waals surface area contributed by atoms with Crippen molar-refractivity contribution in [1.29, 1.82) is 0 Å². The summed E-state index contributed by atoms with van der Waals surface area (Å²) in [4.78, 5) is 20.0. The van der Waals surface area contributed by atoms with Crippen LogP contribution in [0.15, 0.2) is 30.7 Å². The molecule has 1 saturated heterocycles. The molecule has 8 heteroatoms. The van der Waals surface area contributed by atoms with Crippen LogP contribution in [0.2, 0.25) is 5.02 Å². The van der Waals surface area contributed by atoms with E-state index in [1.165, 1.54) is 6.07 Å². The standard InChI is InChI=1S/C16H19ClN4O3/c17-13-2-1-12(16(7-13)21(22)23)9-20-5-3-15(4-6-20)24-10-14-8-18-11-19-14/h1-2,7-8,11,15H,3-6,9-10H2,(H,18,19). The van der Waals surface area contributed by atoms with Crippen LogP contribution in [0.4, 0.5) is 5.69 Å². The number of piperidine rings is 1. The van der Waals surface area contributed by atoms with Gasteiger partial charge < -0.3 is 9.72 Å². The van der Waals surface area contributed by atoms with Gasteiger partial charge in [-0.1, -0.05) is 11.6 Å². The lowest BCUT2D eigenvalue weighted by Crippen LogP contribution is -2.36. The molecule has 2 aromatic rings. The molecule has 1 N–H and O–H groups in total. The van der Waals surface area contributed by atoms with Crippen molar-refractivity contribution in [1.82, 2.24) is 14.9 Å². The summed E-state index contributed by atoms with van der Waals surface area (Å²) < 4.78 is 5.88. The average Bonchev–Trinajstić information content (AvgIpc) is 3.09. The number of imidazole rings is 1. The van der Waals surface area contributed by atoms with Gasteiger partial charge >= 0.3 is 0 Å². The smallest absolute Gasteiger partial charge is 0.275 e. The quantitative estimate of drug-likeness (QED) is 0.639. The minimum atomic E-state index is -0.374. The van der Waals surface area contributed by atoms with E-state index in [9.17, 15) is 10.1 Å². The Labute approximate surface area is 144 Å². The highest BCUT2D eigenvalue weighted by molar-refractivity contribution is 6.30.